The molecule has 0 saturated heterocycles. The highest BCUT2D eigenvalue weighted by Gasteiger charge is 2.12. The smallest absolute Gasteiger partial charge is 0.318 e. The Balaban J connectivity index is 3.24. The topological polar surface area (TPSA) is 26.3 Å². The molecule has 0 fully saturated rings. The quantitative estimate of drug-likeness (QED) is 0.465. The third-order valence-corrected chi connectivity index (χ3v) is 3.43. The lowest BCUT2D eigenvalue weighted by molar-refractivity contribution is -0.139. The van der Waals surface area contributed by atoms with E-state index in [0.29, 0.717) is 6.42 Å². The molecule has 1 atom stereocenters. The Bertz CT molecular complexity index is 189. The summed E-state index contributed by atoms with van der Waals surface area (Å²) in [5.74, 6) is 0.674. The van der Waals surface area contributed by atoms with E-state index in [0.717, 1.165) is 25.0 Å². The van der Waals surface area contributed by atoms with Crippen molar-refractivity contribution in [2.45, 2.75) is 50.7 Å². The van der Waals surface area contributed by atoms with Crippen molar-refractivity contribution in [2.75, 3.05) is 12.9 Å². The Morgan fingerprint density at radius 3 is 2.44 bits per heavy atom. The number of rotatable bonds is 9. The van der Waals surface area contributed by atoms with Crippen molar-refractivity contribution in [3.05, 3.63) is 0 Å². The molecule has 0 aromatic heterocycles. The predicted molar refractivity (Wildman–Crippen MR) is 63.0 cm³/mol. The van der Waals surface area contributed by atoms with Gasteiger partial charge in [-0.15, -0.1) is 11.8 Å². The minimum Gasteiger partial charge on any atom is -0.468 e. The summed E-state index contributed by atoms with van der Waals surface area (Å²) in [5.41, 5.74) is 0. The Labute approximate surface area is 100 Å². The van der Waals surface area contributed by atoms with Crippen molar-refractivity contribution < 1.29 is 18.3 Å². The Morgan fingerprint density at radius 2 is 1.88 bits per heavy atom. The molecule has 0 bridgehead atoms. The Morgan fingerprint density at radius 1 is 1.25 bits per heavy atom. The second-order valence-electron chi connectivity index (χ2n) is 3.63. The summed E-state index contributed by atoms with van der Waals surface area (Å²) in [5, 5.41) is -0.133. The van der Waals surface area contributed by atoms with Gasteiger partial charge in [0.25, 0.3) is 0 Å². The number of halogens is 2. The minimum atomic E-state index is -2.17. The van der Waals surface area contributed by atoms with E-state index >= 15 is 0 Å². The number of carbonyl (C=O) groups excluding carboxylic acids is 1. The summed E-state index contributed by atoms with van der Waals surface area (Å²) in [4.78, 5) is 11.0. The maximum absolute atomic E-state index is 11.8. The van der Waals surface area contributed by atoms with Crippen LogP contribution in [0.2, 0.25) is 0 Å². The summed E-state index contributed by atoms with van der Waals surface area (Å²) >= 11 is 1.55. The molecule has 16 heavy (non-hydrogen) atoms. The highest BCUT2D eigenvalue weighted by Crippen LogP contribution is 2.16. The third kappa shape index (κ3) is 8.95. The molecular weight excluding hydrogens is 234 g/mol. The van der Waals surface area contributed by atoms with Gasteiger partial charge in [-0.25, -0.2) is 8.78 Å². The molecule has 0 aromatic carbocycles. The summed E-state index contributed by atoms with van der Waals surface area (Å²) in [6.45, 7) is 1.81. The molecule has 0 rings (SSSR count). The van der Waals surface area contributed by atoms with Crippen LogP contribution in [0, 0.1) is 0 Å². The van der Waals surface area contributed by atoms with Crippen molar-refractivity contribution in [2.24, 2.45) is 0 Å². The van der Waals surface area contributed by atoms with Gasteiger partial charge in [-0.05, 0) is 25.5 Å². The first-order chi connectivity index (χ1) is 7.57. The molecule has 0 spiro atoms. The second kappa shape index (κ2) is 9.87. The second-order valence-corrected chi connectivity index (χ2v) is 5.08. The molecule has 0 saturated carbocycles. The van der Waals surface area contributed by atoms with Gasteiger partial charge in [-0.2, -0.15) is 0 Å². The Hall–Kier alpha value is -0.320. The van der Waals surface area contributed by atoms with Gasteiger partial charge in [0.15, 0.2) is 0 Å². The molecule has 1 unspecified atom stereocenters. The normalized spacial score (nSPS) is 12.8. The van der Waals surface area contributed by atoms with E-state index in [1.54, 1.807) is 11.8 Å². The van der Waals surface area contributed by atoms with E-state index in [9.17, 15) is 13.6 Å². The van der Waals surface area contributed by atoms with E-state index in [-0.39, 0.29) is 17.6 Å². The molecule has 0 aliphatic heterocycles. The van der Waals surface area contributed by atoms with E-state index < -0.39 is 6.43 Å². The van der Waals surface area contributed by atoms with Gasteiger partial charge in [-0.3, -0.25) is 4.79 Å². The first-order valence-electron chi connectivity index (χ1n) is 5.55. The number of hydrogen-bond acceptors (Lipinski definition) is 3. The van der Waals surface area contributed by atoms with Crippen molar-refractivity contribution in [1.29, 1.82) is 0 Å². The monoisotopic (exact) mass is 254 g/mol. The zero-order valence-corrected chi connectivity index (χ0v) is 10.7. The van der Waals surface area contributed by atoms with Crippen LogP contribution in [0.15, 0.2) is 0 Å². The van der Waals surface area contributed by atoms with E-state index in [2.05, 4.69) is 4.74 Å². The summed E-state index contributed by atoms with van der Waals surface area (Å²) in [7, 11) is 1.38. The van der Waals surface area contributed by atoms with Gasteiger partial charge in [0.1, 0.15) is 0 Å². The van der Waals surface area contributed by atoms with E-state index in [4.69, 9.17) is 0 Å². The molecule has 0 amide bonds. The van der Waals surface area contributed by atoms with Gasteiger partial charge in [-0.1, -0.05) is 12.8 Å². The Kier molecular flexibility index (Phi) is 9.68. The fourth-order valence-corrected chi connectivity index (χ4v) is 2.21. The average Bonchev–Trinajstić information content (AvgIpc) is 2.25. The largest absolute Gasteiger partial charge is 0.468 e. The number of alkyl halides is 2. The van der Waals surface area contributed by atoms with E-state index in [1.165, 1.54) is 7.11 Å². The first kappa shape index (κ1) is 15.7. The van der Waals surface area contributed by atoms with Gasteiger partial charge in [0.2, 0.25) is 6.43 Å². The van der Waals surface area contributed by atoms with Gasteiger partial charge < -0.3 is 4.74 Å². The maximum atomic E-state index is 11.8. The number of ether oxygens (including phenoxy) is 1. The third-order valence-electron chi connectivity index (χ3n) is 2.22. The van der Waals surface area contributed by atoms with Crippen molar-refractivity contribution in [3.63, 3.8) is 0 Å². The number of hydrogen-bond donors (Lipinski definition) is 0. The average molecular weight is 254 g/mol. The molecule has 0 aliphatic carbocycles. The van der Waals surface area contributed by atoms with Crippen molar-refractivity contribution in [1.82, 2.24) is 0 Å². The van der Waals surface area contributed by atoms with Gasteiger partial charge >= 0.3 is 5.97 Å². The molecule has 0 heterocycles. The lowest BCUT2D eigenvalue weighted by Crippen LogP contribution is -2.15. The number of carbonyl (C=O) groups is 1. The molecule has 2 nitrogen and oxygen atoms in total. The zero-order chi connectivity index (χ0) is 12.4. The molecular formula is C11H20F2O2S. The molecule has 0 radical (unpaired) electrons. The fraction of sp³-hybridized carbons (Fsp3) is 0.909. The van der Waals surface area contributed by atoms with Crippen LogP contribution in [0.5, 0.6) is 0 Å². The van der Waals surface area contributed by atoms with Crippen LogP contribution in [0.4, 0.5) is 8.78 Å². The molecule has 0 aliphatic rings. The molecule has 0 N–H and O–H groups in total. The van der Waals surface area contributed by atoms with Crippen molar-refractivity contribution >= 4 is 17.7 Å². The molecule has 96 valence electrons. The van der Waals surface area contributed by atoms with E-state index in [1.807, 2.05) is 6.92 Å². The lowest BCUT2D eigenvalue weighted by atomic mass is 10.2. The fourth-order valence-electron chi connectivity index (χ4n) is 1.25. The summed E-state index contributed by atoms with van der Waals surface area (Å²) in [6.07, 6.45) is 1.19. The number of esters is 1. The highest BCUT2D eigenvalue weighted by atomic mass is 32.2. The van der Waals surface area contributed by atoms with Crippen LogP contribution in [-0.4, -0.2) is 30.5 Å². The number of unbranched alkanes of at least 4 members (excludes halogenated alkanes) is 3. The van der Waals surface area contributed by atoms with Crippen molar-refractivity contribution in [3.8, 4) is 0 Å². The van der Waals surface area contributed by atoms with Crippen LogP contribution in [0.3, 0.4) is 0 Å². The molecule has 5 heteroatoms. The summed E-state index contributed by atoms with van der Waals surface area (Å²) < 4.78 is 28.2. The predicted octanol–water partition coefficient (Wildman–Crippen LogP) is 3.50. The zero-order valence-electron chi connectivity index (χ0n) is 9.88. The van der Waals surface area contributed by atoms with Crippen LogP contribution >= 0.6 is 11.8 Å². The highest BCUT2D eigenvalue weighted by molar-refractivity contribution is 8.00. The van der Waals surface area contributed by atoms with Crippen LogP contribution in [0.25, 0.3) is 0 Å². The first-order valence-corrected chi connectivity index (χ1v) is 6.60. The standard InChI is InChI=1S/C11H20F2O2S/c1-9(11(14)15-2)16-8-6-4-3-5-7-10(12)13/h9-10H,3-8H2,1-2H3. The maximum Gasteiger partial charge on any atom is 0.318 e. The lowest BCUT2D eigenvalue weighted by Gasteiger charge is -2.08. The van der Waals surface area contributed by atoms with Crippen LogP contribution in [-0.2, 0) is 9.53 Å². The minimum absolute atomic E-state index is 0.00566. The van der Waals surface area contributed by atoms with Crippen LogP contribution in [0.1, 0.15) is 39.0 Å². The SMILES string of the molecule is COC(=O)C(C)SCCCCCCC(F)F. The van der Waals surface area contributed by atoms with Crippen LogP contribution < -0.4 is 0 Å². The molecule has 0 aromatic rings. The number of methoxy groups -OCH3 is 1. The van der Waals surface area contributed by atoms with Gasteiger partial charge in [0, 0.05) is 6.42 Å². The summed E-state index contributed by atoms with van der Waals surface area (Å²) in [6, 6.07) is 0. The van der Waals surface area contributed by atoms with Gasteiger partial charge in [0.05, 0.1) is 12.4 Å². The number of thioether (sulfide) groups is 1.